The fraction of sp³-hybridized carbons (Fsp3) is 0.250. The van der Waals surface area contributed by atoms with Gasteiger partial charge in [0.25, 0.3) is 0 Å². The van der Waals surface area contributed by atoms with Crippen molar-refractivity contribution in [2.75, 3.05) is 6.54 Å². The standard InChI is InChI=1S/C16H15BrF3N/c1-2-7-21-9-10-3-4-11(18)8-12(10)15-14(19)6-5-13(17)16(15)20/h3-6,8,21H,2,7,9H2,1H3. The van der Waals surface area contributed by atoms with Gasteiger partial charge in [0.1, 0.15) is 17.5 Å². The van der Waals surface area contributed by atoms with Gasteiger partial charge < -0.3 is 5.32 Å². The van der Waals surface area contributed by atoms with E-state index in [4.69, 9.17) is 0 Å². The molecule has 0 radical (unpaired) electrons. The smallest absolute Gasteiger partial charge is 0.148 e. The number of nitrogens with one attached hydrogen (secondary N) is 1. The van der Waals surface area contributed by atoms with Crippen LogP contribution in [0.15, 0.2) is 34.8 Å². The Labute approximate surface area is 130 Å². The molecule has 0 saturated heterocycles. The van der Waals surface area contributed by atoms with Gasteiger partial charge in [-0.1, -0.05) is 13.0 Å². The Hall–Kier alpha value is -1.33. The molecule has 0 aromatic heterocycles. The summed E-state index contributed by atoms with van der Waals surface area (Å²) in [4.78, 5) is 0. The van der Waals surface area contributed by atoms with E-state index < -0.39 is 17.5 Å². The van der Waals surface area contributed by atoms with Crippen LogP contribution in [0.3, 0.4) is 0 Å². The van der Waals surface area contributed by atoms with E-state index in [0.29, 0.717) is 12.1 Å². The summed E-state index contributed by atoms with van der Waals surface area (Å²) in [7, 11) is 0. The van der Waals surface area contributed by atoms with Gasteiger partial charge in [0, 0.05) is 6.54 Å². The highest BCUT2D eigenvalue weighted by Gasteiger charge is 2.18. The molecular formula is C16H15BrF3N. The minimum Gasteiger partial charge on any atom is -0.313 e. The zero-order valence-electron chi connectivity index (χ0n) is 11.5. The zero-order valence-corrected chi connectivity index (χ0v) is 13.1. The summed E-state index contributed by atoms with van der Waals surface area (Å²) in [6, 6.07) is 6.46. The highest BCUT2D eigenvalue weighted by atomic mass is 79.9. The quantitative estimate of drug-likeness (QED) is 0.584. The number of hydrogen-bond donors (Lipinski definition) is 1. The van der Waals surface area contributed by atoms with Gasteiger partial charge in [0.05, 0.1) is 10.0 Å². The average Bonchev–Trinajstić information content (AvgIpc) is 2.46. The average molecular weight is 358 g/mol. The van der Waals surface area contributed by atoms with Crippen molar-refractivity contribution < 1.29 is 13.2 Å². The van der Waals surface area contributed by atoms with E-state index in [-0.39, 0.29) is 15.6 Å². The van der Waals surface area contributed by atoms with Crippen LogP contribution in [-0.2, 0) is 6.54 Å². The maximum Gasteiger partial charge on any atom is 0.148 e. The Kier molecular flexibility index (Phi) is 5.42. The zero-order chi connectivity index (χ0) is 15.4. The highest BCUT2D eigenvalue weighted by Crippen LogP contribution is 2.33. The molecule has 2 aromatic rings. The largest absolute Gasteiger partial charge is 0.313 e. The lowest BCUT2D eigenvalue weighted by molar-refractivity contribution is 0.583. The Morgan fingerprint density at radius 2 is 1.86 bits per heavy atom. The van der Waals surface area contributed by atoms with E-state index in [9.17, 15) is 13.2 Å². The van der Waals surface area contributed by atoms with Crippen LogP contribution < -0.4 is 5.32 Å². The molecule has 1 nitrogen and oxygen atoms in total. The lowest BCUT2D eigenvalue weighted by atomic mass is 9.98. The topological polar surface area (TPSA) is 12.0 Å². The maximum absolute atomic E-state index is 14.2. The van der Waals surface area contributed by atoms with Gasteiger partial charge in [-0.3, -0.25) is 0 Å². The molecule has 0 amide bonds. The van der Waals surface area contributed by atoms with E-state index in [2.05, 4.69) is 21.2 Å². The highest BCUT2D eigenvalue weighted by molar-refractivity contribution is 9.10. The van der Waals surface area contributed by atoms with Crippen molar-refractivity contribution in [3.8, 4) is 11.1 Å². The van der Waals surface area contributed by atoms with Crippen molar-refractivity contribution in [3.63, 3.8) is 0 Å². The normalized spacial score (nSPS) is 10.9. The summed E-state index contributed by atoms with van der Waals surface area (Å²) in [5, 5.41) is 3.16. The predicted molar refractivity (Wildman–Crippen MR) is 81.4 cm³/mol. The first-order valence-electron chi connectivity index (χ1n) is 6.67. The van der Waals surface area contributed by atoms with Crippen LogP contribution in [0.2, 0.25) is 0 Å². The molecule has 0 unspecified atom stereocenters. The summed E-state index contributed by atoms with van der Waals surface area (Å²) in [5.41, 5.74) is 0.674. The summed E-state index contributed by atoms with van der Waals surface area (Å²) in [5.74, 6) is -1.96. The van der Waals surface area contributed by atoms with Crippen molar-refractivity contribution in [1.29, 1.82) is 0 Å². The molecule has 112 valence electrons. The van der Waals surface area contributed by atoms with Gasteiger partial charge in [-0.25, -0.2) is 13.2 Å². The first-order chi connectivity index (χ1) is 10.0. The Bertz CT molecular complexity index is 644. The molecule has 0 aliphatic rings. The maximum atomic E-state index is 14.2. The van der Waals surface area contributed by atoms with Crippen molar-refractivity contribution in [1.82, 2.24) is 5.32 Å². The molecule has 0 aliphatic carbocycles. The van der Waals surface area contributed by atoms with E-state index in [1.165, 1.54) is 12.1 Å². The lowest BCUT2D eigenvalue weighted by Gasteiger charge is -2.13. The molecule has 0 bridgehead atoms. The molecule has 0 atom stereocenters. The Morgan fingerprint density at radius 3 is 2.57 bits per heavy atom. The molecule has 5 heteroatoms. The van der Waals surface area contributed by atoms with Crippen LogP contribution in [0.25, 0.3) is 11.1 Å². The van der Waals surface area contributed by atoms with Crippen LogP contribution >= 0.6 is 15.9 Å². The molecular weight excluding hydrogens is 343 g/mol. The minimum atomic E-state index is -0.725. The predicted octanol–water partition coefficient (Wildman–Crippen LogP) is 5.03. The van der Waals surface area contributed by atoms with Crippen molar-refractivity contribution in [2.24, 2.45) is 0 Å². The third-order valence-corrected chi connectivity index (χ3v) is 3.74. The van der Waals surface area contributed by atoms with E-state index in [1.807, 2.05) is 6.92 Å². The fourth-order valence-electron chi connectivity index (χ4n) is 2.11. The monoisotopic (exact) mass is 357 g/mol. The first-order valence-corrected chi connectivity index (χ1v) is 7.47. The van der Waals surface area contributed by atoms with Crippen LogP contribution in [-0.4, -0.2) is 6.54 Å². The van der Waals surface area contributed by atoms with Crippen molar-refractivity contribution in [2.45, 2.75) is 19.9 Å². The molecule has 0 fully saturated rings. The lowest BCUT2D eigenvalue weighted by Crippen LogP contribution is -2.14. The van der Waals surface area contributed by atoms with Crippen LogP contribution in [0.5, 0.6) is 0 Å². The van der Waals surface area contributed by atoms with Gasteiger partial charge in [-0.05, 0) is 64.3 Å². The Balaban J connectivity index is 2.52. The molecule has 2 rings (SSSR count). The SMILES string of the molecule is CCCNCc1ccc(F)cc1-c1c(F)ccc(Br)c1F. The number of rotatable bonds is 5. The van der Waals surface area contributed by atoms with Crippen LogP contribution in [0.4, 0.5) is 13.2 Å². The third-order valence-electron chi connectivity index (χ3n) is 3.13. The minimum absolute atomic E-state index is 0.149. The number of benzene rings is 2. The van der Waals surface area contributed by atoms with E-state index >= 15 is 0 Å². The third kappa shape index (κ3) is 3.66. The van der Waals surface area contributed by atoms with Gasteiger partial charge in [0.2, 0.25) is 0 Å². The van der Waals surface area contributed by atoms with Gasteiger partial charge >= 0.3 is 0 Å². The molecule has 0 spiro atoms. The Morgan fingerprint density at radius 1 is 1.10 bits per heavy atom. The second-order valence-electron chi connectivity index (χ2n) is 4.70. The second-order valence-corrected chi connectivity index (χ2v) is 5.55. The fourth-order valence-corrected chi connectivity index (χ4v) is 2.44. The molecule has 2 aromatic carbocycles. The van der Waals surface area contributed by atoms with Gasteiger partial charge in [-0.15, -0.1) is 0 Å². The van der Waals surface area contributed by atoms with E-state index in [1.54, 1.807) is 6.07 Å². The summed E-state index contributed by atoms with van der Waals surface area (Å²) < 4.78 is 41.9. The van der Waals surface area contributed by atoms with E-state index in [0.717, 1.165) is 25.1 Å². The summed E-state index contributed by atoms with van der Waals surface area (Å²) in [6.07, 6.45) is 0.941. The molecule has 21 heavy (non-hydrogen) atoms. The van der Waals surface area contributed by atoms with Gasteiger partial charge in [-0.2, -0.15) is 0 Å². The number of hydrogen-bond acceptors (Lipinski definition) is 1. The van der Waals surface area contributed by atoms with Gasteiger partial charge in [0.15, 0.2) is 0 Å². The second kappa shape index (κ2) is 7.09. The first kappa shape index (κ1) is 16.0. The van der Waals surface area contributed by atoms with Crippen molar-refractivity contribution in [3.05, 3.63) is 57.8 Å². The summed E-state index contributed by atoms with van der Waals surface area (Å²) in [6.45, 7) is 3.22. The molecule has 0 heterocycles. The number of halogens is 4. The molecule has 1 N–H and O–H groups in total. The van der Waals surface area contributed by atoms with Crippen LogP contribution in [0.1, 0.15) is 18.9 Å². The van der Waals surface area contributed by atoms with Crippen LogP contribution in [0, 0.1) is 17.5 Å². The van der Waals surface area contributed by atoms with Crippen molar-refractivity contribution >= 4 is 15.9 Å². The summed E-state index contributed by atoms with van der Waals surface area (Å²) >= 11 is 3.03. The molecule has 0 aliphatic heterocycles. The molecule has 0 saturated carbocycles.